The summed E-state index contributed by atoms with van der Waals surface area (Å²) in [4.78, 5) is 25.4. The van der Waals surface area contributed by atoms with Crippen molar-refractivity contribution in [3.63, 3.8) is 0 Å². The Morgan fingerprint density at radius 2 is 1.70 bits per heavy atom. The van der Waals surface area contributed by atoms with Gasteiger partial charge in [0.15, 0.2) is 5.69 Å². The van der Waals surface area contributed by atoms with Crippen LogP contribution in [0.3, 0.4) is 0 Å². The number of carbonyl (C=O) groups excluding carboxylic acids is 1. The number of benzene rings is 2. The van der Waals surface area contributed by atoms with E-state index in [9.17, 15) is 9.59 Å². The molecule has 1 atom stereocenters. The van der Waals surface area contributed by atoms with Crippen LogP contribution in [0, 0.1) is 0 Å². The Labute approximate surface area is 155 Å². The van der Waals surface area contributed by atoms with E-state index in [0.29, 0.717) is 16.5 Å². The van der Waals surface area contributed by atoms with E-state index in [1.807, 2.05) is 36.4 Å². The highest BCUT2D eigenvalue weighted by atomic mass is 16.3. The maximum absolute atomic E-state index is 13.1. The molecule has 0 bridgehead atoms. The minimum absolute atomic E-state index is 0.195. The topological polar surface area (TPSA) is 77.1 Å². The van der Waals surface area contributed by atoms with Crippen molar-refractivity contribution in [3.05, 3.63) is 100 Å². The molecule has 2 aromatic carbocycles. The van der Waals surface area contributed by atoms with E-state index in [2.05, 4.69) is 10.4 Å². The zero-order chi connectivity index (χ0) is 18.8. The summed E-state index contributed by atoms with van der Waals surface area (Å²) in [6.07, 6.45) is 1.57. The number of hydrogen-bond donors (Lipinski definition) is 1. The second-order valence-corrected chi connectivity index (χ2v) is 6.16. The minimum atomic E-state index is -0.466. The third-order valence-electron chi connectivity index (χ3n) is 4.41. The van der Waals surface area contributed by atoms with Crippen molar-refractivity contribution >= 4 is 16.7 Å². The molecule has 0 spiro atoms. The first-order valence-electron chi connectivity index (χ1n) is 8.50. The molecular formula is C21H17N3O3. The molecule has 2 aromatic heterocycles. The van der Waals surface area contributed by atoms with Crippen molar-refractivity contribution in [2.45, 2.75) is 6.04 Å². The molecule has 0 aliphatic carbocycles. The van der Waals surface area contributed by atoms with Crippen LogP contribution in [0.5, 0.6) is 0 Å². The number of nitrogens with one attached hydrogen (secondary N) is 1. The van der Waals surface area contributed by atoms with Crippen molar-refractivity contribution in [1.82, 2.24) is 15.1 Å². The predicted molar refractivity (Wildman–Crippen MR) is 101 cm³/mol. The first kappa shape index (κ1) is 16.8. The number of amides is 1. The van der Waals surface area contributed by atoms with E-state index in [1.54, 1.807) is 36.6 Å². The fourth-order valence-electron chi connectivity index (χ4n) is 3.09. The summed E-state index contributed by atoms with van der Waals surface area (Å²) in [6, 6.07) is 19.6. The number of nitrogens with zero attached hydrogens (tertiary/aromatic N) is 2. The van der Waals surface area contributed by atoms with Crippen LogP contribution < -0.4 is 10.9 Å². The molecule has 134 valence electrons. The normalized spacial score (nSPS) is 12.0. The van der Waals surface area contributed by atoms with Crippen LogP contribution in [-0.4, -0.2) is 15.7 Å². The van der Waals surface area contributed by atoms with Gasteiger partial charge in [0, 0.05) is 12.4 Å². The van der Waals surface area contributed by atoms with Crippen molar-refractivity contribution < 1.29 is 9.21 Å². The van der Waals surface area contributed by atoms with E-state index in [4.69, 9.17) is 4.42 Å². The Hall–Kier alpha value is -3.67. The molecule has 4 aromatic rings. The number of hydrogen-bond acceptors (Lipinski definition) is 4. The Morgan fingerprint density at radius 3 is 2.41 bits per heavy atom. The fraction of sp³-hybridized carbons (Fsp3) is 0.0952. The Balaban J connectivity index is 1.78. The van der Waals surface area contributed by atoms with Gasteiger partial charge in [0.05, 0.1) is 11.6 Å². The van der Waals surface area contributed by atoms with Crippen LogP contribution in [0.25, 0.3) is 10.8 Å². The van der Waals surface area contributed by atoms with Gasteiger partial charge in [0.2, 0.25) is 0 Å². The van der Waals surface area contributed by atoms with Gasteiger partial charge in [0.1, 0.15) is 11.8 Å². The third kappa shape index (κ3) is 3.13. The quantitative estimate of drug-likeness (QED) is 0.608. The molecule has 2 heterocycles. The summed E-state index contributed by atoms with van der Waals surface area (Å²) >= 11 is 0. The zero-order valence-electron chi connectivity index (χ0n) is 14.6. The van der Waals surface area contributed by atoms with Crippen LogP contribution in [-0.2, 0) is 7.05 Å². The first-order chi connectivity index (χ1) is 13.1. The highest BCUT2D eigenvalue weighted by Gasteiger charge is 2.23. The van der Waals surface area contributed by atoms with Gasteiger partial charge in [-0.3, -0.25) is 9.59 Å². The van der Waals surface area contributed by atoms with Crippen LogP contribution in [0.4, 0.5) is 0 Å². The second-order valence-electron chi connectivity index (χ2n) is 6.16. The van der Waals surface area contributed by atoms with Crippen molar-refractivity contribution in [2.75, 3.05) is 0 Å². The van der Waals surface area contributed by atoms with E-state index >= 15 is 0 Å². The third-order valence-corrected chi connectivity index (χ3v) is 4.41. The molecule has 0 aliphatic heterocycles. The number of carbonyl (C=O) groups is 1. The second kappa shape index (κ2) is 6.92. The van der Waals surface area contributed by atoms with E-state index in [1.165, 1.54) is 11.7 Å². The molecule has 1 N–H and O–H groups in total. The summed E-state index contributed by atoms with van der Waals surface area (Å²) in [5.74, 6) is 0.232. The molecule has 0 aliphatic rings. The van der Waals surface area contributed by atoms with Gasteiger partial charge < -0.3 is 9.73 Å². The Morgan fingerprint density at radius 1 is 1.00 bits per heavy atom. The number of fused-ring (bicyclic) bond motifs is 1. The highest BCUT2D eigenvalue weighted by Crippen LogP contribution is 2.23. The Bertz CT molecular complexity index is 1150. The smallest absolute Gasteiger partial charge is 0.274 e. The molecular weight excluding hydrogens is 342 g/mol. The minimum Gasteiger partial charge on any atom is -0.467 e. The fourth-order valence-corrected chi connectivity index (χ4v) is 3.09. The largest absolute Gasteiger partial charge is 0.467 e. The summed E-state index contributed by atoms with van der Waals surface area (Å²) < 4.78 is 6.71. The average Bonchev–Trinajstić information content (AvgIpc) is 3.24. The SMILES string of the molecule is Cn1nc(C(=O)N[C@@H](c2ccccc2)c2ccco2)c2ccccc2c1=O. The van der Waals surface area contributed by atoms with E-state index in [0.717, 1.165) is 5.56 Å². The molecule has 0 saturated heterocycles. The van der Waals surface area contributed by atoms with Crippen molar-refractivity contribution in [1.29, 1.82) is 0 Å². The van der Waals surface area contributed by atoms with Gasteiger partial charge >= 0.3 is 0 Å². The highest BCUT2D eigenvalue weighted by molar-refractivity contribution is 6.05. The standard InChI is InChI=1S/C21H17N3O3/c1-24-21(26)16-11-6-5-10-15(16)19(23-24)20(25)22-18(17-12-7-13-27-17)14-8-3-2-4-9-14/h2-13,18H,1H3,(H,22,25)/t18-/m0/s1. The lowest BCUT2D eigenvalue weighted by molar-refractivity contribution is 0.0933. The Kier molecular flexibility index (Phi) is 4.30. The summed E-state index contributed by atoms with van der Waals surface area (Å²) in [5, 5.41) is 8.14. The van der Waals surface area contributed by atoms with Gasteiger partial charge in [-0.2, -0.15) is 5.10 Å². The van der Waals surface area contributed by atoms with Crippen LogP contribution >= 0.6 is 0 Å². The molecule has 6 nitrogen and oxygen atoms in total. The van der Waals surface area contributed by atoms with Crippen molar-refractivity contribution in [2.24, 2.45) is 7.05 Å². The number of rotatable bonds is 4. The van der Waals surface area contributed by atoms with Crippen LogP contribution in [0.15, 0.2) is 82.2 Å². The molecule has 6 heteroatoms. The molecule has 1 amide bonds. The predicted octanol–water partition coefficient (Wildman–Crippen LogP) is 3.05. The summed E-state index contributed by atoms with van der Waals surface area (Å²) in [5.41, 5.74) is 0.836. The van der Waals surface area contributed by atoms with E-state index < -0.39 is 6.04 Å². The van der Waals surface area contributed by atoms with Crippen molar-refractivity contribution in [3.8, 4) is 0 Å². The molecule has 27 heavy (non-hydrogen) atoms. The molecule has 0 saturated carbocycles. The van der Waals surface area contributed by atoms with Gasteiger partial charge in [-0.25, -0.2) is 4.68 Å². The van der Waals surface area contributed by atoms with E-state index in [-0.39, 0.29) is 17.2 Å². The lowest BCUT2D eigenvalue weighted by atomic mass is 10.0. The van der Waals surface area contributed by atoms with Gasteiger partial charge in [-0.1, -0.05) is 48.5 Å². The molecule has 0 unspecified atom stereocenters. The number of aromatic nitrogens is 2. The lowest BCUT2D eigenvalue weighted by Crippen LogP contribution is -2.32. The first-order valence-corrected chi connectivity index (χ1v) is 8.50. The van der Waals surface area contributed by atoms with Crippen LogP contribution in [0.2, 0.25) is 0 Å². The van der Waals surface area contributed by atoms with Gasteiger partial charge in [-0.15, -0.1) is 0 Å². The maximum Gasteiger partial charge on any atom is 0.274 e. The maximum atomic E-state index is 13.1. The molecule has 4 rings (SSSR count). The monoisotopic (exact) mass is 359 g/mol. The summed E-state index contributed by atoms with van der Waals surface area (Å²) in [6.45, 7) is 0. The summed E-state index contributed by atoms with van der Waals surface area (Å²) in [7, 11) is 1.53. The number of aryl methyl sites for hydroxylation is 1. The zero-order valence-corrected chi connectivity index (χ0v) is 14.6. The molecule has 0 radical (unpaired) electrons. The van der Waals surface area contributed by atoms with Gasteiger partial charge in [-0.05, 0) is 23.8 Å². The van der Waals surface area contributed by atoms with Gasteiger partial charge in [0.25, 0.3) is 11.5 Å². The average molecular weight is 359 g/mol. The number of furan rings is 1. The molecule has 0 fully saturated rings. The van der Waals surface area contributed by atoms with Crippen LogP contribution in [0.1, 0.15) is 27.9 Å². The lowest BCUT2D eigenvalue weighted by Gasteiger charge is -2.17.